The maximum absolute atomic E-state index is 4.52. The highest BCUT2D eigenvalue weighted by Gasteiger charge is 2.40. The van der Waals surface area contributed by atoms with E-state index in [4.69, 9.17) is 0 Å². The van der Waals surface area contributed by atoms with Gasteiger partial charge in [0.25, 0.3) is 0 Å². The second-order valence-corrected chi connectivity index (χ2v) is 25.9. The third kappa shape index (κ3) is 15.9. The lowest BCUT2D eigenvalue weighted by Crippen LogP contribution is -2.38. The van der Waals surface area contributed by atoms with Gasteiger partial charge >= 0.3 is 0 Å². The van der Waals surface area contributed by atoms with Gasteiger partial charge in [0.1, 0.15) is 0 Å². The van der Waals surface area contributed by atoms with Crippen molar-refractivity contribution in [2.24, 2.45) is 166 Å². The van der Waals surface area contributed by atoms with Crippen LogP contribution in [-0.2, 0) is 0 Å². The molecule has 0 bridgehead atoms. The lowest BCUT2D eigenvalue weighted by molar-refractivity contribution is 0.0404. The van der Waals surface area contributed by atoms with E-state index in [-0.39, 0.29) is 0 Å². The minimum atomic E-state index is 0.584. The fraction of sp³-hybridized carbons (Fsp3) is 0.968. The lowest BCUT2D eigenvalue weighted by Gasteiger charge is -2.45. The first-order chi connectivity index (χ1) is 28.3. The van der Waals surface area contributed by atoms with Gasteiger partial charge in [-0.05, 0) is 179 Å². The maximum atomic E-state index is 4.52. The number of allylic oxidation sites excluding steroid dienone is 1. The Hall–Kier alpha value is -0.260. The largest absolute Gasteiger partial charge is 0.0993 e. The van der Waals surface area contributed by atoms with Crippen LogP contribution in [0.3, 0.4) is 0 Å². The molecule has 0 aliphatic heterocycles. The van der Waals surface area contributed by atoms with Crippen LogP contribution in [0.4, 0.5) is 0 Å². The van der Waals surface area contributed by atoms with E-state index in [0.717, 1.165) is 82.9 Å². The minimum absolute atomic E-state index is 0.584. The standard InChI is InChI=1S/C62H124/c1-32-62(38(8)35(4)5)33-36(6)39(9)41(11)43(13)45(15)47(17)49(19)51(21)53(23)55(25)57(27)59(29)61(31)60(30)58(28)56(26)54(24)52(22)50(20)48(18)46(16)44(14)42(12)40(10)37(7)34(2)3/h34-37,39-62H,8,32-33H2,1-7,9-31H3. The Kier molecular flexibility index (Phi) is 27.4. The van der Waals surface area contributed by atoms with E-state index in [2.05, 4.69) is 214 Å². The summed E-state index contributed by atoms with van der Waals surface area (Å²) in [7, 11) is 0. The van der Waals surface area contributed by atoms with E-state index < -0.39 is 0 Å². The van der Waals surface area contributed by atoms with Gasteiger partial charge < -0.3 is 0 Å². The van der Waals surface area contributed by atoms with Gasteiger partial charge in [-0.25, -0.2) is 0 Å². The molecule has 0 saturated carbocycles. The molecule has 26 unspecified atom stereocenters. The third-order valence-corrected chi connectivity index (χ3v) is 23.4. The predicted octanol–water partition coefficient (Wildman–Crippen LogP) is 20.2. The van der Waals surface area contributed by atoms with Crippen molar-refractivity contribution in [3.63, 3.8) is 0 Å². The van der Waals surface area contributed by atoms with Gasteiger partial charge in [0, 0.05) is 0 Å². The van der Waals surface area contributed by atoms with Crippen LogP contribution in [0.25, 0.3) is 0 Å². The Bertz CT molecular complexity index is 1190. The van der Waals surface area contributed by atoms with Crippen molar-refractivity contribution in [3.8, 4) is 0 Å². The highest BCUT2D eigenvalue weighted by atomic mass is 14.5. The van der Waals surface area contributed by atoms with Gasteiger partial charge in [-0.1, -0.05) is 220 Å². The average Bonchev–Trinajstić information content (AvgIpc) is 3.26. The van der Waals surface area contributed by atoms with Gasteiger partial charge in [-0.2, -0.15) is 0 Å². The quantitative estimate of drug-likeness (QED) is 0.0631. The Morgan fingerprint density at radius 3 is 0.565 bits per heavy atom. The average molecular weight is 870 g/mol. The SMILES string of the molecule is C=C(C(C)C)C(CC)CC(C)C(C)C(C)C(C)C(C)C(C)C(C)C(C)C(C)C(C)C(C)C(C)C(C)C(C)C(C)C(C)C(C)C(C)C(C)C(C)C(C)C(C)C(C)C(C)C(C)C(C)C. The molecule has 0 saturated heterocycles. The Balaban J connectivity index is 5.67. The van der Waals surface area contributed by atoms with E-state index in [1.165, 1.54) is 18.4 Å². The molecular formula is C62H124. The molecule has 0 radical (unpaired) electrons. The summed E-state index contributed by atoms with van der Waals surface area (Å²) in [5.41, 5.74) is 1.46. The van der Waals surface area contributed by atoms with Crippen LogP contribution in [0, 0.1) is 166 Å². The second kappa shape index (κ2) is 27.5. The van der Waals surface area contributed by atoms with Crippen molar-refractivity contribution in [2.75, 3.05) is 0 Å². The molecule has 0 fully saturated rings. The molecule has 0 aromatic carbocycles. The smallest absolute Gasteiger partial charge is 0.0203 e. The van der Waals surface area contributed by atoms with Crippen LogP contribution in [0.5, 0.6) is 0 Å². The Morgan fingerprint density at radius 1 is 0.258 bits per heavy atom. The van der Waals surface area contributed by atoms with Crippen molar-refractivity contribution < 1.29 is 0 Å². The fourth-order valence-electron chi connectivity index (χ4n) is 13.4. The van der Waals surface area contributed by atoms with E-state index in [1.807, 2.05) is 0 Å². The number of hydrogen-bond donors (Lipinski definition) is 0. The van der Waals surface area contributed by atoms with Gasteiger partial charge in [0.05, 0.1) is 0 Å². The first-order valence-electron chi connectivity index (χ1n) is 27.9. The van der Waals surface area contributed by atoms with Crippen molar-refractivity contribution >= 4 is 0 Å². The highest BCUT2D eigenvalue weighted by Crippen LogP contribution is 2.47. The summed E-state index contributed by atoms with van der Waals surface area (Å²) < 4.78 is 0. The zero-order valence-electron chi connectivity index (χ0n) is 48.8. The molecule has 0 aliphatic carbocycles. The topological polar surface area (TPSA) is 0 Å². The van der Waals surface area contributed by atoms with Crippen molar-refractivity contribution in [3.05, 3.63) is 12.2 Å². The maximum Gasteiger partial charge on any atom is -0.0203 e. The fourth-order valence-corrected chi connectivity index (χ4v) is 13.4. The summed E-state index contributed by atoms with van der Waals surface area (Å²) in [4.78, 5) is 0. The summed E-state index contributed by atoms with van der Waals surface area (Å²) >= 11 is 0. The zero-order chi connectivity index (χ0) is 49.2. The molecule has 0 rings (SSSR count). The first-order valence-corrected chi connectivity index (χ1v) is 27.9. The van der Waals surface area contributed by atoms with Crippen LogP contribution < -0.4 is 0 Å². The van der Waals surface area contributed by atoms with E-state index in [0.29, 0.717) is 82.9 Å². The molecule has 0 aromatic heterocycles. The third-order valence-electron chi connectivity index (χ3n) is 23.4. The lowest BCUT2D eigenvalue weighted by atomic mass is 9.61. The van der Waals surface area contributed by atoms with E-state index in [1.54, 1.807) is 0 Å². The van der Waals surface area contributed by atoms with Crippen molar-refractivity contribution in [2.45, 2.75) is 221 Å². The van der Waals surface area contributed by atoms with Gasteiger partial charge in [0.15, 0.2) is 0 Å². The molecule has 26 atom stereocenters. The summed E-state index contributed by atoms with van der Waals surface area (Å²) in [5, 5.41) is 0. The molecular weight excluding hydrogens is 745 g/mol. The summed E-state index contributed by atoms with van der Waals surface area (Å²) in [6.45, 7) is 80.9. The van der Waals surface area contributed by atoms with Gasteiger partial charge in [-0.15, -0.1) is 0 Å². The molecule has 0 amide bonds. The van der Waals surface area contributed by atoms with Crippen LogP contribution >= 0.6 is 0 Å². The van der Waals surface area contributed by atoms with Gasteiger partial charge in [-0.3, -0.25) is 0 Å². The molecule has 62 heavy (non-hydrogen) atoms. The second-order valence-electron chi connectivity index (χ2n) is 25.9. The minimum Gasteiger partial charge on any atom is -0.0993 e. The zero-order valence-corrected chi connectivity index (χ0v) is 48.8. The summed E-state index contributed by atoms with van der Waals surface area (Å²) in [6.07, 6.45) is 2.51. The van der Waals surface area contributed by atoms with Crippen molar-refractivity contribution in [1.29, 1.82) is 0 Å². The number of hydrogen-bond acceptors (Lipinski definition) is 0. The van der Waals surface area contributed by atoms with E-state index in [9.17, 15) is 0 Å². The van der Waals surface area contributed by atoms with Crippen LogP contribution in [0.1, 0.15) is 221 Å². The molecule has 0 heterocycles. The molecule has 0 aliphatic rings. The normalized spacial score (nSPS) is 25.7. The van der Waals surface area contributed by atoms with Crippen LogP contribution in [0.15, 0.2) is 12.2 Å². The molecule has 0 N–H and O–H groups in total. The Morgan fingerprint density at radius 2 is 0.419 bits per heavy atom. The molecule has 0 nitrogen and oxygen atoms in total. The molecule has 0 heteroatoms. The number of rotatable bonds is 30. The highest BCUT2D eigenvalue weighted by molar-refractivity contribution is 5.04. The summed E-state index contributed by atoms with van der Waals surface area (Å²) in [6, 6.07) is 0. The predicted molar refractivity (Wildman–Crippen MR) is 286 cm³/mol. The van der Waals surface area contributed by atoms with Crippen LogP contribution in [-0.4, -0.2) is 0 Å². The van der Waals surface area contributed by atoms with Crippen molar-refractivity contribution in [1.82, 2.24) is 0 Å². The summed E-state index contributed by atoms with van der Waals surface area (Å²) in [5.74, 6) is 20.1. The Labute approximate surface area is 396 Å². The van der Waals surface area contributed by atoms with Gasteiger partial charge in [0.2, 0.25) is 0 Å². The monoisotopic (exact) mass is 869 g/mol. The first kappa shape index (κ1) is 61.7. The molecule has 0 spiro atoms. The molecule has 0 aromatic rings. The van der Waals surface area contributed by atoms with Crippen LogP contribution in [0.2, 0.25) is 0 Å². The van der Waals surface area contributed by atoms with E-state index >= 15 is 0 Å². The molecule has 372 valence electrons.